The monoisotopic (exact) mass is 366 g/mol. The second-order valence-electron chi connectivity index (χ2n) is 6.51. The lowest BCUT2D eigenvalue weighted by Crippen LogP contribution is -2.48. The summed E-state index contributed by atoms with van der Waals surface area (Å²) in [6.45, 7) is 2.47. The highest BCUT2D eigenvalue weighted by atomic mass is 16.2. The molecule has 0 saturated carbocycles. The van der Waals surface area contributed by atoms with Crippen molar-refractivity contribution < 1.29 is 14.4 Å². The highest BCUT2D eigenvalue weighted by Crippen LogP contribution is 2.12. The fraction of sp³-hybridized carbons (Fsp3) is 0.300. The van der Waals surface area contributed by atoms with Crippen molar-refractivity contribution in [1.82, 2.24) is 19.7 Å². The van der Waals surface area contributed by atoms with Crippen LogP contribution in [0.2, 0.25) is 0 Å². The first-order chi connectivity index (χ1) is 13.1. The van der Waals surface area contributed by atoms with E-state index in [1.807, 2.05) is 30.3 Å². The minimum Gasteiger partial charge on any atom is -0.342 e. The lowest BCUT2D eigenvalue weighted by Gasteiger charge is -2.32. The minimum absolute atomic E-state index is 0.150. The van der Waals surface area contributed by atoms with Gasteiger partial charge in [0.25, 0.3) is 11.8 Å². The molecule has 0 atom stereocenters. The molecule has 1 aromatic carbocycles. The van der Waals surface area contributed by atoms with Crippen LogP contribution in [0.1, 0.15) is 26.4 Å². The third-order valence-electron chi connectivity index (χ3n) is 4.59. The molecule has 2 heterocycles. The molecule has 1 aliphatic rings. The average Bonchev–Trinajstić information content (AvgIpc) is 2.73. The van der Waals surface area contributed by atoms with Crippen LogP contribution in [0.5, 0.6) is 0 Å². The van der Waals surface area contributed by atoms with Gasteiger partial charge in [-0.15, -0.1) is 0 Å². The molecule has 0 bridgehead atoms. The Morgan fingerprint density at radius 1 is 1.11 bits per heavy atom. The maximum Gasteiger partial charge on any atom is 0.272 e. The van der Waals surface area contributed by atoms with Crippen molar-refractivity contribution in [2.45, 2.75) is 6.54 Å². The van der Waals surface area contributed by atoms with E-state index < -0.39 is 0 Å². The van der Waals surface area contributed by atoms with E-state index in [4.69, 9.17) is 0 Å². The van der Waals surface area contributed by atoms with Crippen LogP contribution >= 0.6 is 0 Å². The predicted octanol–water partition coefficient (Wildman–Crippen LogP) is 1.27. The normalized spacial score (nSPS) is 14.0. The van der Waals surface area contributed by atoms with Gasteiger partial charge in [-0.1, -0.05) is 30.3 Å². The summed E-state index contributed by atoms with van der Waals surface area (Å²) >= 11 is 0. The molecule has 7 nitrogen and oxygen atoms in total. The molecule has 140 valence electrons. The van der Waals surface area contributed by atoms with Crippen molar-refractivity contribution in [2.75, 3.05) is 33.2 Å². The fourth-order valence-corrected chi connectivity index (χ4v) is 3.02. The largest absolute Gasteiger partial charge is 0.342 e. The van der Waals surface area contributed by atoms with Gasteiger partial charge in [0.15, 0.2) is 0 Å². The highest BCUT2D eigenvalue weighted by Gasteiger charge is 2.23. The molecular formula is C20H22N4O3. The summed E-state index contributed by atoms with van der Waals surface area (Å²) in [5.74, 6) is -0.387. The van der Waals surface area contributed by atoms with Crippen LogP contribution in [-0.4, -0.2) is 71.1 Å². The van der Waals surface area contributed by atoms with Gasteiger partial charge in [0.1, 0.15) is 5.69 Å². The number of carbonyl (C=O) groups excluding carboxylic acids is 3. The van der Waals surface area contributed by atoms with Gasteiger partial charge in [0.05, 0.1) is 0 Å². The van der Waals surface area contributed by atoms with E-state index in [1.165, 1.54) is 12.3 Å². The number of pyridine rings is 1. The van der Waals surface area contributed by atoms with Gasteiger partial charge in [-0.3, -0.25) is 19.4 Å². The maximum atomic E-state index is 12.7. The Balaban J connectivity index is 1.68. The molecule has 1 aromatic heterocycles. The zero-order valence-corrected chi connectivity index (χ0v) is 15.2. The third-order valence-corrected chi connectivity index (χ3v) is 4.59. The van der Waals surface area contributed by atoms with E-state index in [-0.39, 0.29) is 17.5 Å². The van der Waals surface area contributed by atoms with Gasteiger partial charge in [-0.25, -0.2) is 0 Å². The molecule has 7 heteroatoms. The molecule has 1 aliphatic heterocycles. The Morgan fingerprint density at radius 3 is 2.48 bits per heavy atom. The molecule has 27 heavy (non-hydrogen) atoms. The fourth-order valence-electron chi connectivity index (χ4n) is 3.02. The summed E-state index contributed by atoms with van der Waals surface area (Å²) in [6.07, 6.45) is 2.28. The number of carbonyl (C=O) groups is 3. The van der Waals surface area contributed by atoms with Crippen molar-refractivity contribution in [1.29, 1.82) is 0 Å². The number of benzene rings is 1. The molecule has 0 unspecified atom stereocenters. The van der Waals surface area contributed by atoms with Crippen LogP contribution in [0.15, 0.2) is 48.7 Å². The predicted molar refractivity (Wildman–Crippen MR) is 100 cm³/mol. The second-order valence-corrected chi connectivity index (χ2v) is 6.51. The van der Waals surface area contributed by atoms with Crippen LogP contribution in [-0.2, 0) is 11.3 Å². The first-order valence-corrected chi connectivity index (χ1v) is 8.82. The van der Waals surface area contributed by atoms with Crippen LogP contribution in [0.4, 0.5) is 0 Å². The van der Waals surface area contributed by atoms with Crippen LogP contribution in [0, 0.1) is 0 Å². The molecule has 3 amide bonds. The summed E-state index contributed by atoms with van der Waals surface area (Å²) in [5, 5.41) is 0. The zero-order chi connectivity index (χ0) is 19.2. The van der Waals surface area contributed by atoms with Crippen LogP contribution in [0.3, 0.4) is 0 Å². The van der Waals surface area contributed by atoms with Crippen molar-refractivity contribution in [3.05, 3.63) is 65.5 Å². The third kappa shape index (κ3) is 4.49. The summed E-state index contributed by atoms with van der Waals surface area (Å²) in [6, 6.07) is 12.8. The van der Waals surface area contributed by atoms with E-state index in [0.29, 0.717) is 38.3 Å². The number of aromatic nitrogens is 1. The topological polar surface area (TPSA) is 73.8 Å². The van der Waals surface area contributed by atoms with Gasteiger partial charge in [0, 0.05) is 51.5 Å². The molecule has 0 radical (unpaired) electrons. The second kappa shape index (κ2) is 8.44. The number of hydrogen-bond donors (Lipinski definition) is 0. The Bertz CT molecular complexity index is 817. The molecular weight excluding hydrogens is 344 g/mol. The molecule has 0 aliphatic carbocycles. The number of nitrogens with zero attached hydrogens (tertiary/aromatic N) is 4. The van der Waals surface area contributed by atoms with Crippen molar-refractivity contribution in [2.24, 2.45) is 0 Å². The van der Waals surface area contributed by atoms with Gasteiger partial charge in [0.2, 0.25) is 6.41 Å². The molecule has 3 rings (SSSR count). The highest BCUT2D eigenvalue weighted by molar-refractivity contribution is 5.98. The zero-order valence-electron chi connectivity index (χ0n) is 15.2. The molecule has 2 aromatic rings. The van der Waals surface area contributed by atoms with Crippen molar-refractivity contribution >= 4 is 18.2 Å². The first kappa shape index (κ1) is 18.6. The summed E-state index contributed by atoms with van der Waals surface area (Å²) in [7, 11) is 1.71. The standard InChI is InChI=1S/C20H22N4O3/c1-22(14-16-5-3-2-4-6-16)20(27)18-13-17(7-8-21-18)19(26)24-11-9-23(15-25)10-12-24/h2-8,13,15H,9-12,14H2,1H3. The first-order valence-electron chi connectivity index (χ1n) is 8.82. The molecule has 0 N–H and O–H groups in total. The number of amides is 3. The smallest absolute Gasteiger partial charge is 0.272 e. The molecule has 0 spiro atoms. The Kier molecular flexibility index (Phi) is 5.80. The summed E-state index contributed by atoms with van der Waals surface area (Å²) in [5.41, 5.74) is 1.69. The summed E-state index contributed by atoms with van der Waals surface area (Å²) in [4.78, 5) is 45.2. The molecule has 1 saturated heterocycles. The Hall–Kier alpha value is -3.22. The van der Waals surface area contributed by atoms with Gasteiger partial charge >= 0.3 is 0 Å². The van der Waals surface area contributed by atoms with E-state index in [1.54, 1.807) is 27.8 Å². The van der Waals surface area contributed by atoms with Crippen molar-refractivity contribution in [3.8, 4) is 0 Å². The Labute approximate surface area is 158 Å². The van der Waals surface area contributed by atoms with Gasteiger partial charge in [-0.05, 0) is 17.7 Å². The van der Waals surface area contributed by atoms with E-state index >= 15 is 0 Å². The van der Waals surface area contributed by atoms with E-state index in [2.05, 4.69) is 4.98 Å². The quantitative estimate of drug-likeness (QED) is 0.747. The lowest BCUT2D eigenvalue weighted by atomic mass is 10.1. The number of piperazine rings is 1. The number of rotatable bonds is 5. The van der Waals surface area contributed by atoms with E-state index in [0.717, 1.165) is 12.0 Å². The minimum atomic E-state index is -0.237. The van der Waals surface area contributed by atoms with Crippen LogP contribution in [0.25, 0.3) is 0 Å². The van der Waals surface area contributed by atoms with Crippen molar-refractivity contribution in [3.63, 3.8) is 0 Å². The summed E-state index contributed by atoms with van der Waals surface area (Å²) < 4.78 is 0. The lowest BCUT2D eigenvalue weighted by molar-refractivity contribution is -0.119. The van der Waals surface area contributed by atoms with Crippen LogP contribution < -0.4 is 0 Å². The van der Waals surface area contributed by atoms with E-state index in [9.17, 15) is 14.4 Å². The average molecular weight is 366 g/mol. The number of hydrogen-bond acceptors (Lipinski definition) is 4. The maximum absolute atomic E-state index is 12.7. The van der Waals surface area contributed by atoms with Gasteiger partial charge < -0.3 is 14.7 Å². The van der Waals surface area contributed by atoms with Gasteiger partial charge in [-0.2, -0.15) is 0 Å². The Morgan fingerprint density at radius 2 is 1.81 bits per heavy atom. The SMILES string of the molecule is CN(Cc1ccccc1)C(=O)c1cc(C(=O)N2CCN(C=O)CC2)ccn1. The molecule has 1 fully saturated rings.